The first-order valence-corrected chi connectivity index (χ1v) is 6.03. The van der Waals surface area contributed by atoms with Gasteiger partial charge in [0.15, 0.2) is 0 Å². The van der Waals surface area contributed by atoms with Crippen molar-refractivity contribution in [2.75, 3.05) is 0 Å². The van der Waals surface area contributed by atoms with E-state index in [4.69, 9.17) is 5.26 Å². The predicted molar refractivity (Wildman–Crippen MR) is 73.0 cm³/mol. The summed E-state index contributed by atoms with van der Waals surface area (Å²) in [6.07, 6.45) is 0.874. The van der Waals surface area contributed by atoms with E-state index in [9.17, 15) is 0 Å². The summed E-state index contributed by atoms with van der Waals surface area (Å²) in [5.41, 5.74) is 3.12. The van der Waals surface area contributed by atoms with Crippen LogP contribution in [0.5, 0.6) is 0 Å². The molecule has 2 aromatic carbocycles. The topological polar surface area (TPSA) is 23.8 Å². The van der Waals surface area contributed by atoms with Crippen LogP contribution >= 0.6 is 12.6 Å². The van der Waals surface area contributed by atoms with Crippen LogP contribution in [-0.2, 0) is 6.42 Å². The van der Waals surface area contributed by atoms with Crippen LogP contribution in [0.2, 0.25) is 0 Å². The molecular formula is C15H13NS. The maximum Gasteiger partial charge on any atom is 0.0991 e. The van der Waals surface area contributed by atoms with Gasteiger partial charge in [0, 0.05) is 5.25 Å². The molecule has 84 valence electrons. The van der Waals surface area contributed by atoms with E-state index in [1.807, 2.05) is 42.5 Å². The fourth-order valence-corrected chi connectivity index (χ4v) is 2.11. The van der Waals surface area contributed by atoms with Crippen molar-refractivity contribution < 1.29 is 0 Å². The van der Waals surface area contributed by atoms with Gasteiger partial charge in [-0.2, -0.15) is 17.9 Å². The lowest BCUT2D eigenvalue weighted by Crippen LogP contribution is -1.95. The molecule has 2 rings (SSSR count). The van der Waals surface area contributed by atoms with Crippen LogP contribution in [0.1, 0.15) is 21.9 Å². The SMILES string of the molecule is N#Cc1ccc(CC(S)c2ccccc2)cc1. The van der Waals surface area contributed by atoms with Crippen molar-refractivity contribution in [2.24, 2.45) is 0 Å². The molecule has 0 aliphatic carbocycles. The normalized spacial score (nSPS) is 11.8. The number of nitriles is 1. The van der Waals surface area contributed by atoms with Gasteiger partial charge < -0.3 is 0 Å². The van der Waals surface area contributed by atoms with Crippen molar-refractivity contribution in [3.8, 4) is 6.07 Å². The first-order valence-electron chi connectivity index (χ1n) is 5.51. The van der Waals surface area contributed by atoms with Gasteiger partial charge in [-0.25, -0.2) is 0 Å². The van der Waals surface area contributed by atoms with Gasteiger partial charge in [-0.05, 0) is 29.7 Å². The summed E-state index contributed by atoms with van der Waals surface area (Å²) in [4.78, 5) is 0. The second-order valence-corrected chi connectivity index (χ2v) is 4.56. The lowest BCUT2D eigenvalue weighted by Gasteiger charge is -2.10. The number of rotatable bonds is 3. The highest BCUT2D eigenvalue weighted by Crippen LogP contribution is 2.24. The van der Waals surface area contributed by atoms with Gasteiger partial charge in [0.05, 0.1) is 11.6 Å². The maximum atomic E-state index is 8.72. The molecule has 0 N–H and O–H groups in total. The van der Waals surface area contributed by atoms with Gasteiger partial charge >= 0.3 is 0 Å². The quantitative estimate of drug-likeness (QED) is 0.810. The third-order valence-electron chi connectivity index (χ3n) is 2.70. The van der Waals surface area contributed by atoms with E-state index in [1.54, 1.807) is 0 Å². The Morgan fingerprint density at radius 2 is 1.65 bits per heavy atom. The van der Waals surface area contributed by atoms with Gasteiger partial charge in [-0.15, -0.1) is 0 Å². The molecule has 0 fully saturated rings. The third kappa shape index (κ3) is 3.12. The van der Waals surface area contributed by atoms with Crippen LogP contribution in [0, 0.1) is 11.3 Å². The van der Waals surface area contributed by atoms with Crippen LogP contribution < -0.4 is 0 Å². The van der Waals surface area contributed by atoms with Crippen LogP contribution in [0.25, 0.3) is 0 Å². The summed E-state index contributed by atoms with van der Waals surface area (Å²) in [5.74, 6) is 0. The van der Waals surface area contributed by atoms with Gasteiger partial charge in [-0.1, -0.05) is 42.5 Å². The van der Waals surface area contributed by atoms with Crippen molar-refractivity contribution in [1.29, 1.82) is 5.26 Å². The second kappa shape index (κ2) is 5.56. The van der Waals surface area contributed by atoms with Crippen molar-refractivity contribution in [1.82, 2.24) is 0 Å². The Balaban J connectivity index is 2.08. The summed E-state index contributed by atoms with van der Waals surface area (Å²) < 4.78 is 0. The predicted octanol–water partition coefficient (Wildman–Crippen LogP) is 3.77. The van der Waals surface area contributed by atoms with Gasteiger partial charge in [0.2, 0.25) is 0 Å². The third-order valence-corrected chi connectivity index (χ3v) is 3.18. The Morgan fingerprint density at radius 3 is 2.24 bits per heavy atom. The zero-order chi connectivity index (χ0) is 12.1. The molecule has 0 radical (unpaired) electrons. The Bertz CT molecular complexity index is 511. The molecule has 0 heterocycles. The van der Waals surface area contributed by atoms with Gasteiger partial charge in [0.1, 0.15) is 0 Å². The van der Waals surface area contributed by atoms with Crippen LogP contribution in [0.15, 0.2) is 54.6 Å². The summed E-state index contributed by atoms with van der Waals surface area (Å²) in [6.45, 7) is 0. The number of hydrogen-bond donors (Lipinski definition) is 1. The molecule has 1 nitrogen and oxygen atoms in total. The first-order chi connectivity index (χ1) is 8.29. The van der Waals surface area contributed by atoms with E-state index in [0.29, 0.717) is 5.56 Å². The Morgan fingerprint density at radius 1 is 1.00 bits per heavy atom. The average molecular weight is 239 g/mol. The Labute approximate surface area is 107 Å². The molecule has 2 heteroatoms. The molecule has 17 heavy (non-hydrogen) atoms. The highest BCUT2D eigenvalue weighted by Gasteiger charge is 2.06. The average Bonchev–Trinajstić information content (AvgIpc) is 2.40. The van der Waals surface area contributed by atoms with E-state index in [0.717, 1.165) is 6.42 Å². The smallest absolute Gasteiger partial charge is 0.0991 e. The number of hydrogen-bond acceptors (Lipinski definition) is 2. The summed E-state index contributed by atoms with van der Waals surface area (Å²) >= 11 is 4.61. The molecule has 0 aliphatic heterocycles. The molecule has 0 amide bonds. The summed E-state index contributed by atoms with van der Waals surface area (Å²) in [5, 5.41) is 8.92. The molecule has 0 aromatic heterocycles. The number of thiol groups is 1. The monoisotopic (exact) mass is 239 g/mol. The zero-order valence-electron chi connectivity index (χ0n) is 9.38. The highest BCUT2D eigenvalue weighted by atomic mass is 32.1. The van der Waals surface area contributed by atoms with Crippen LogP contribution in [-0.4, -0.2) is 0 Å². The van der Waals surface area contributed by atoms with E-state index in [1.165, 1.54) is 11.1 Å². The molecule has 0 spiro atoms. The molecule has 0 bridgehead atoms. The van der Waals surface area contributed by atoms with Crippen molar-refractivity contribution >= 4 is 12.6 Å². The fourth-order valence-electron chi connectivity index (χ4n) is 1.73. The van der Waals surface area contributed by atoms with E-state index < -0.39 is 0 Å². The molecule has 0 saturated carbocycles. The minimum atomic E-state index is 0.198. The fraction of sp³-hybridized carbons (Fsp3) is 0.133. The van der Waals surface area contributed by atoms with Crippen molar-refractivity contribution in [3.05, 3.63) is 71.3 Å². The van der Waals surface area contributed by atoms with E-state index in [-0.39, 0.29) is 5.25 Å². The van der Waals surface area contributed by atoms with Crippen LogP contribution in [0.4, 0.5) is 0 Å². The lowest BCUT2D eigenvalue weighted by molar-refractivity contribution is 0.939. The van der Waals surface area contributed by atoms with E-state index >= 15 is 0 Å². The molecule has 1 unspecified atom stereocenters. The summed E-state index contributed by atoms with van der Waals surface area (Å²) in [7, 11) is 0. The molecule has 1 atom stereocenters. The lowest BCUT2D eigenvalue weighted by atomic mass is 10.0. The largest absolute Gasteiger partial charge is 0.192 e. The van der Waals surface area contributed by atoms with Crippen LogP contribution in [0.3, 0.4) is 0 Å². The second-order valence-electron chi connectivity index (χ2n) is 3.94. The number of benzene rings is 2. The zero-order valence-corrected chi connectivity index (χ0v) is 10.3. The van der Waals surface area contributed by atoms with E-state index in [2.05, 4.69) is 30.8 Å². The Hall–Kier alpha value is -1.72. The van der Waals surface area contributed by atoms with Crippen molar-refractivity contribution in [3.63, 3.8) is 0 Å². The first kappa shape index (κ1) is 11.8. The minimum absolute atomic E-state index is 0.198. The minimum Gasteiger partial charge on any atom is -0.192 e. The molecule has 2 aromatic rings. The maximum absolute atomic E-state index is 8.72. The van der Waals surface area contributed by atoms with Crippen molar-refractivity contribution in [2.45, 2.75) is 11.7 Å². The molecule has 0 saturated heterocycles. The summed E-state index contributed by atoms with van der Waals surface area (Å²) in [6, 6.07) is 20.0. The molecule has 0 aliphatic rings. The number of nitrogens with zero attached hydrogens (tertiary/aromatic N) is 1. The highest BCUT2D eigenvalue weighted by molar-refractivity contribution is 7.80. The van der Waals surface area contributed by atoms with Gasteiger partial charge in [-0.3, -0.25) is 0 Å². The Kier molecular flexibility index (Phi) is 3.85. The molecular weight excluding hydrogens is 226 g/mol. The standard InChI is InChI=1S/C15H13NS/c16-11-13-8-6-12(7-9-13)10-15(17)14-4-2-1-3-5-14/h1-9,15,17H,10H2. The van der Waals surface area contributed by atoms with Gasteiger partial charge in [0.25, 0.3) is 0 Å².